The molecule has 0 saturated carbocycles. The lowest BCUT2D eigenvalue weighted by molar-refractivity contribution is -0.124. The molecule has 0 atom stereocenters. The van der Waals surface area contributed by atoms with Crippen LogP contribution >= 0.6 is 11.6 Å². The highest BCUT2D eigenvalue weighted by molar-refractivity contribution is 6.33. The number of aryl methyl sites for hydroxylation is 2. The molecule has 2 aromatic rings. The zero-order chi connectivity index (χ0) is 18.6. The molecule has 0 aromatic carbocycles. The number of carbonyl (C=O) groups excluding carboxylic acids is 2. The first-order chi connectivity index (χ1) is 11.8. The van der Waals surface area contributed by atoms with Crippen LogP contribution in [0, 0.1) is 19.8 Å². The fraction of sp³-hybridized carbons (Fsp3) is 0.412. The van der Waals surface area contributed by atoms with E-state index in [4.69, 9.17) is 16.3 Å². The van der Waals surface area contributed by atoms with Crippen LogP contribution in [0.25, 0.3) is 5.82 Å². The summed E-state index contributed by atoms with van der Waals surface area (Å²) in [6.45, 7) is 7.83. The van der Waals surface area contributed by atoms with Crippen molar-refractivity contribution in [2.24, 2.45) is 5.92 Å². The lowest BCUT2D eigenvalue weighted by Gasteiger charge is -2.10. The smallest absolute Gasteiger partial charge is 0.359 e. The normalized spacial score (nSPS) is 10.8. The van der Waals surface area contributed by atoms with Crippen molar-refractivity contribution in [1.82, 2.24) is 20.1 Å². The molecule has 25 heavy (non-hydrogen) atoms. The first-order valence-electron chi connectivity index (χ1n) is 7.92. The Kier molecular flexibility index (Phi) is 6.14. The van der Waals surface area contributed by atoms with Gasteiger partial charge in [0.2, 0.25) is 0 Å². The van der Waals surface area contributed by atoms with Crippen molar-refractivity contribution >= 4 is 23.5 Å². The molecule has 7 nitrogen and oxygen atoms in total. The summed E-state index contributed by atoms with van der Waals surface area (Å²) in [7, 11) is 0. The van der Waals surface area contributed by atoms with Gasteiger partial charge in [0.05, 0.1) is 10.7 Å². The first-order valence-corrected chi connectivity index (χ1v) is 8.29. The number of ether oxygens (including phenoxy) is 1. The van der Waals surface area contributed by atoms with Gasteiger partial charge < -0.3 is 10.1 Å². The standard InChI is InChI=1S/C17H21ClN4O3/c1-10(2)8-19-15(23)9-25-17(24)16-13(18)5-6-14(20-16)22-12(4)7-11(3)21-22/h5-7,10H,8-9H2,1-4H3,(H,19,23). The minimum atomic E-state index is -0.756. The number of hydrogen-bond donors (Lipinski definition) is 1. The molecule has 1 N–H and O–H groups in total. The quantitative estimate of drug-likeness (QED) is 0.796. The number of nitrogens with zero attached hydrogens (tertiary/aromatic N) is 3. The number of aromatic nitrogens is 3. The van der Waals surface area contributed by atoms with Gasteiger partial charge in [0, 0.05) is 12.2 Å². The van der Waals surface area contributed by atoms with Gasteiger partial charge in [-0.05, 0) is 38.0 Å². The van der Waals surface area contributed by atoms with E-state index < -0.39 is 5.97 Å². The Balaban J connectivity index is 2.10. The monoisotopic (exact) mass is 364 g/mol. The molecule has 134 valence electrons. The van der Waals surface area contributed by atoms with Crippen molar-refractivity contribution < 1.29 is 14.3 Å². The van der Waals surface area contributed by atoms with Gasteiger partial charge in [0.25, 0.3) is 5.91 Å². The van der Waals surface area contributed by atoms with E-state index in [1.807, 2.05) is 33.8 Å². The molecule has 0 unspecified atom stereocenters. The Morgan fingerprint density at radius 2 is 2.04 bits per heavy atom. The summed E-state index contributed by atoms with van der Waals surface area (Å²) in [5.74, 6) is -0.361. The zero-order valence-electron chi connectivity index (χ0n) is 14.7. The van der Waals surface area contributed by atoms with E-state index in [0.717, 1.165) is 11.4 Å². The molecule has 0 aliphatic heterocycles. The maximum Gasteiger partial charge on any atom is 0.359 e. The number of nitrogens with one attached hydrogen (secondary N) is 1. The number of amides is 1. The van der Waals surface area contributed by atoms with Gasteiger partial charge in [-0.3, -0.25) is 4.79 Å². The molecule has 2 heterocycles. The van der Waals surface area contributed by atoms with E-state index in [1.54, 1.807) is 16.8 Å². The lowest BCUT2D eigenvalue weighted by atomic mass is 10.2. The second-order valence-electron chi connectivity index (χ2n) is 6.11. The van der Waals surface area contributed by atoms with E-state index in [1.165, 1.54) is 0 Å². The van der Waals surface area contributed by atoms with Gasteiger partial charge >= 0.3 is 5.97 Å². The molecule has 1 amide bonds. The fourth-order valence-corrected chi connectivity index (χ4v) is 2.30. The molecule has 0 radical (unpaired) electrons. The van der Waals surface area contributed by atoms with Gasteiger partial charge in [-0.2, -0.15) is 5.10 Å². The third-order valence-corrected chi connectivity index (χ3v) is 3.60. The highest BCUT2D eigenvalue weighted by Gasteiger charge is 2.18. The Hall–Kier alpha value is -2.41. The predicted octanol–water partition coefficient (Wildman–Crippen LogP) is 2.47. The summed E-state index contributed by atoms with van der Waals surface area (Å²) >= 11 is 6.05. The van der Waals surface area contributed by atoms with Crippen LogP contribution in [0.15, 0.2) is 18.2 Å². The van der Waals surface area contributed by atoms with Crippen molar-refractivity contribution in [1.29, 1.82) is 0 Å². The summed E-state index contributed by atoms with van der Waals surface area (Å²) in [4.78, 5) is 28.1. The predicted molar refractivity (Wildman–Crippen MR) is 94.0 cm³/mol. The average Bonchev–Trinajstić information content (AvgIpc) is 2.89. The number of carbonyl (C=O) groups is 2. The number of hydrogen-bond acceptors (Lipinski definition) is 5. The van der Waals surface area contributed by atoms with Crippen molar-refractivity contribution in [2.75, 3.05) is 13.2 Å². The molecular formula is C17H21ClN4O3. The molecular weight excluding hydrogens is 344 g/mol. The van der Waals surface area contributed by atoms with Crippen molar-refractivity contribution in [3.63, 3.8) is 0 Å². The Morgan fingerprint density at radius 3 is 2.64 bits per heavy atom. The third-order valence-electron chi connectivity index (χ3n) is 3.29. The van der Waals surface area contributed by atoms with E-state index in [2.05, 4.69) is 15.4 Å². The highest BCUT2D eigenvalue weighted by atomic mass is 35.5. The van der Waals surface area contributed by atoms with E-state index in [-0.39, 0.29) is 23.2 Å². The van der Waals surface area contributed by atoms with Gasteiger partial charge in [-0.1, -0.05) is 25.4 Å². The molecule has 0 aliphatic rings. The van der Waals surface area contributed by atoms with Gasteiger partial charge in [-0.25, -0.2) is 14.5 Å². The topological polar surface area (TPSA) is 86.1 Å². The number of rotatable bonds is 6. The Labute approximate surface area is 151 Å². The summed E-state index contributed by atoms with van der Waals surface area (Å²) in [5.41, 5.74) is 1.66. The van der Waals surface area contributed by atoms with Crippen LogP contribution in [0.2, 0.25) is 5.02 Å². The molecule has 2 aromatic heterocycles. The van der Waals surface area contributed by atoms with Crippen molar-refractivity contribution in [3.8, 4) is 5.82 Å². The Morgan fingerprint density at radius 1 is 1.32 bits per heavy atom. The Bertz CT molecular complexity index is 786. The summed E-state index contributed by atoms with van der Waals surface area (Å²) in [5, 5.41) is 7.14. The van der Waals surface area contributed by atoms with Crippen LogP contribution in [-0.4, -0.2) is 39.8 Å². The number of esters is 1. The molecule has 2 rings (SSSR count). The first kappa shape index (κ1) is 18.9. The SMILES string of the molecule is Cc1cc(C)n(-c2ccc(Cl)c(C(=O)OCC(=O)NCC(C)C)n2)n1. The van der Waals surface area contributed by atoms with E-state index in [0.29, 0.717) is 18.3 Å². The second kappa shape index (κ2) is 8.11. The largest absolute Gasteiger partial charge is 0.451 e. The average molecular weight is 365 g/mol. The fourth-order valence-electron chi connectivity index (χ4n) is 2.12. The number of halogens is 1. The summed E-state index contributed by atoms with van der Waals surface area (Å²) < 4.78 is 6.61. The number of pyridine rings is 1. The van der Waals surface area contributed by atoms with Crippen LogP contribution in [0.4, 0.5) is 0 Å². The minimum Gasteiger partial charge on any atom is -0.451 e. The van der Waals surface area contributed by atoms with Gasteiger partial charge in [0.1, 0.15) is 0 Å². The molecule has 0 bridgehead atoms. The zero-order valence-corrected chi connectivity index (χ0v) is 15.4. The van der Waals surface area contributed by atoms with Crippen LogP contribution in [-0.2, 0) is 9.53 Å². The third kappa shape index (κ3) is 5.03. The molecule has 0 spiro atoms. The van der Waals surface area contributed by atoms with Crippen molar-refractivity contribution in [3.05, 3.63) is 40.3 Å². The minimum absolute atomic E-state index is 0.0524. The summed E-state index contributed by atoms with van der Waals surface area (Å²) in [6, 6.07) is 5.11. The maximum atomic E-state index is 12.2. The molecule has 0 fully saturated rings. The molecule has 0 aliphatic carbocycles. The van der Waals surface area contributed by atoms with E-state index >= 15 is 0 Å². The molecule has 8 heteroatoms. The molecule has 0 saturated heterocycles. The van der Waals surface area contributed by atoms with Crippen molar-refractivity contribution in [2.45, 2.75) is 27.7 Å². The van der Waals surface area contributed by atoms with Gasteiger partial charge in [0.15, 0.2) is 18.1 Å². The lowest BCUT2D eigenvalue weighted by Crippen LogP contribution is -2.31. The van der Waals surface area contributed by atoms with Crippen LogP contribution in [0.3, 0.4) is 0 Å². The maximum absolute atomic E-state index is 12.2. The highest BCUT2D eigenvalue weighted by Crippen LogP contribution is 2.18. The second-order valence-corrected chi connectivity index (χ2v) is 6.52. The van der Waals surface area contributed by atoms with E-state index in [9.17, 15) is 9.59 Å². The van der Waals surface area contributed by atoms with Crippen LogP contribution < -0.4 is 5.32 Å². The summed E-state index contributed by atoms with van der Waals surface area (Å²) in [6.07, 6.45) is 0. The van der Waals surface area contributed by atoms with Crippen LogP contribution in [0.1, 0.15) is 35.7 Å². The van der Waals surface area contributed by atoms with Crippen LogP contribution in [0.5, 0.6) is 0 Å². The van der Waals surface area contributed by atoms with Gasteiger partial charge in [-0.15, -0.1) is 0 Å².